The summed E-state index contributed by atoms with van der Waals surface area (Å²) in [4.78, 5) is 82.7. The second-order valence-electron chi connectivity index (χ2n) is 8.62. The molecule has 15 nitrogen and oxygen atoms in total. The smallest absolute Gasteiger partial charge is 0.326 e. The highest BCUT2D eigenvalue weighted by molar-refractivity contribution is 5.94. The quantitative estimate of drug-likeness (QED) is 0.105. The molecule has 0 aliphatic heterocycles. The van der Waals surface area contributed by atoms with Gasteiger partial charge in [-0.3, -0.25) is 28.8 Å². The summed E-state index contributed by atoms with van der Waals surface area (Å²) < 4.78 is 0. The Hall–Kier alpha value is -4.53. The summed E-state index contributed by atoms with van der Waals surface area (Å²) in [6, 6.07) is 2.89. The molecule has 4 unspecified atom stereocenters. The Kier molecular flexibility index (Phi) is 13.6. The monoisotopic (exact) mass is 552 g/mol. The molecule has 0 fully saturated rings. The van der Waals surface area contributed by atoms with Crippen LogP contribution in [0.2, 0.25) is 0 Å². The molecule has 0 heterocycles. The minimum absolute atomic E-state index is 0.108. The zero-order valence-electron chi connectivity index (χ0n) is 20.9. The first kappa shape index (κ1) is 32.5. The summed E-state index contributed by atoms with van der Waals surface area (Å²) in [5, 5.41) is 42.8. The second-order valence-corrected chi connectivity index (χ2v) is 8.62. The van der Waals surface area contributed by atoms with E-state index >= 15 is 0 Å². The topological polar surface area (TPSA) is 263 Å². The van der Waals surface area contributed by atoms with Gasteiger partial charge in [-0.05, 0) is 31.2 Å². The predicted molar refractivity (Wildman–Crippen MR) is 132 cm³/mol. The SMILES string of the molecule is NC(Cc1ccccc1)C(=O)NC(CCC(=O)O)C(=O)NC(CCC(=O)O)C(=O)NC(CCC(=O)O)C(=O)O. The lowest BCUT2D eigenvalue weighted by Gasteiger charge is -2.25. The molecule has 0 radical (unpaired) electrons. The third kappa shape index (κ3) is 13.0. The molecule has 4 atom stereocenters. The molecule has 0 aromatic heterocycles. The van der Waals surface area contributed by atoms with Gasteiger partial charge in [0, 0.05) is 19.3 Å². The van der Waals surface area contributed by atoms with Crippen molar-refractivity contribution in [1.29, 1.82) is 0 Å². The molecule has 0 aliphatic carbocycles. The Balaban J connectivity index is 3.03. The van der Waals surface area contributed by atoms with Crippen molar-refractivity contribution >= 4 is 41.6 Å². The molecule has 0 bridgehead atoms. The van der Waals surface area contributed by atoms with Crippen molar-refractivity contribution in [3.8, 4) is 0 Å². The average Bonchev–Trinajstić information content (AvgIpc) is 2.86. The summed E-state index contributed by atoms with van der Waals surface area (Å²) >= 11 is 0. The fraction of sp³-hybridized carbons (Fsp3) is 0.458. The van der Waals surface area contributed by atoms with Gasteiger partial charge in [-0.25, -0.2) is 4.79 Å². The lowest BCUT2D eigenvalue weighted by Crippen LogP contribution is -2.57. The van der Waals surface area contributed by atoms with E-state index in [9.17, 15) is 38.7 Å². The number of hydrogen-bond acceptors (Lipinski definition) is 8. The van der Waals surface area contributed by atoms with Crippen LogP contribution in [0, 0.1) is 0 Å². The van der Waals surface area contributed by atoms with Crippen LogP contribution in [-0.2, 0) is 40.0 Å². The molecular weight excluding hydrogens is 520 g/mol. The van der Waals surface area contributed by atoms with Gasteiger partial charge in [0.05, 0.1) is 6.04 Å². The Morgan fingerprint density at radius 2 is 1.00 bits per heavy atom. The van der Waals surface area contributed by atoms with Gasteiger partial charge in [0.2, 0.25) is 17.7 Å². The van der Waals surface area contributed by atoms with Gasteiger partial charge in [0.25, 0.3) is 0 Å². The first-order valence-corrected chi connectivity index (χ1v) is 11.9. The van der Waals surface area contributed by atoms with Gasteiger partial charge in [-0.1, -0.05) is 30.3 Å². The normalized spacial score (nSPS) is 13.7. The molecule has 1 rings (SSSR count). The number of nitrogens with one attached hydrogen (secondary N) is 3. The number of carboxylic acid groups (broad SMARTS) is 4. The van der Waals surface area contributed by atoms with E-state index < -0.39 is 104 Å². The highest BCUT2D eigenvalue weighted by Gasteiger charge is 2.31. The highest BCUT2D eigenvalue weighted by atomic mass is 16.4. The molecule has 1 aromatic rings. The van der Waals surface area contributed by atoms with Crippen LogP contribution in [0.3, 0.4) is 0 Å². The number of hydrogen-bond donors (Lipinski definition) is 8. The predicted octanol–water partition coefficient (Wildman–Crippen LogP) is -1.31. The maximum atomic E-state index is 13.0. The van der Waals surface area contributed by atoms with Crippen molar-refractivity contribution in [3.63, 3.8) is 0 Å². The van der Waals surface area contributed by atoms with Crippen LogP contribution >= 0.6 is 0 Å². The van der Waals surface area contributed by atoms with E-state index in [1.807, 2.05) is 0 Å². The second kappa shape index (κ2) is 16.3. The number of benzene rings is 1. The number of amides is 3. The number of carbonyl (C=O) groups is 7. The number of carboxylic acids is 4. The molecule has 0 aliphatic rings. The van der Waals surface area contributed by atoms with Crippen LogP contribution in [-0.4, -0.2) is 86.2 Å². The molecule has 3 amide bonds. The lowest BCUT2D eigenvalue weighted by molar-refractivity contribution is -0.144. The number of carbonyl (C=O) groups excluding carboxylic acids is 3. The summed E-state index contributed by atoms with van der Waals surface area (Å²) in [6.07, 6.45) is -2.99. The van der Waals surface area contributed by atoms with Crippen LogP contribution in [0.4, 0.5) is 0 Å². The van der Waals surface area contributed by atoms with Gasteiger partial charge in [-0.2, -0.15) is 0 Å². The van der Waals surface area contributed by atoms with E-state index in [4.69, 9.17) is 21.1 Å². The summed E-state index contributed by atoms with van der Waals surface area (Å²) in [6.45, 7) is 0. The molecule has 9 N–H and O–H groups in total. The van der Waals surface area contributed by atoms with Crippen LogP contribution < -0.4 is 21.7 Å². The van der Waals surface area contributed by atoms with E-state index in [2.05, 4.69) is 16.0 Å². The molecule has 0 spiro atoms. The van der Waals surface area contributed by atoms with E-state index in [1.54, 1.807) is 30.3 Å². The first-order valence-electron chi connectivity index (χ1n) is 11.9. The molecule has 39 heavy (non-hydrogen) atoms. The zero-order valence-corrected chi connectivity index (χ0v) is 20.9. The van der Waals surface area contributed by atoms with Gasteiger partial charge in [0.1, 0.15) is 18.1 Å². The third-order valence-electron chi connectivity index (χ3n) is 5.46. The maximum Gasteiger partial charge on any atom is 0.326 e. The number of nitrogens with two attached hydrogens (primary N) is 1. The van der Waals surface area contributed by atoms with E-state index in [0.29, 0.717) is 0 Å². The van der Waals surface area contributed by atoms with Gasteiger partial charge in [0.15, 0.2) is 0 Å². The van der Waals surface area contributed by atoms with Crippen LogP contribution in [0.1, 0.15) is 44.1 Å². The van der Waals surface area contributed by atoms with Crippen LogP contribution in [0.25, 0.3) is 0 Å². The van der Waals surface area contributed by atoms with Crippen LogP contribution in [0.5, 0.6) is 0 Å². The van der Waals surface area contributed by atoms with Gasteiger partial charge >= 0.3 is 23.9 Å². The fourth-order valence-corrected chi connectivity index (χ4v) is 3.38. The van der Waals surface area contributed by atoms with E-state index in [1.165, 1.54) is 0 Å². The molecule has 214 valence electrons. The standard InChI is InChI=1S/C24H32N4O11/c25-14(12-13-4-2-1-3-5-13)21(35)26-15(6-9-18(29)30)22(36)27-16(7-10-19(31)32)23(37)28-17(24(38)39)8-11-20(33)34/h1-5,14-17H,6-12,25H2,(H,26,35)(H,27,36)(H,28,37)(H,29,30)(H,31,32)(H,33,34)(H,38,39). The van der Waals surface area contributed by atoms with Crippen LogP contribution in [0.15, 0.2) is 30.3 Å². The van der Waals surface area contributed by atoms with Gasteiger partial charge in [-0.15, -0.1) is 0 Å². The third-order valence-corrected chi connectivity index (χ3v) is 5.46. The first-order chi connectivity index (χ1) is 18.3. The summed E-state index contributed by atoms with van der Waals surface area (Å²) in [7, 11) is 0. The maximum absolute atomic E-state index is 13.0. The minimum atomic E-state index is -1.64. The minimum Gasteiger partial charge on any atom is -0.481 e. The van der Waals surface area contributed by atoms with Crippen molar-refractivity contribution in [3.05, 3.63) is 35.9 Å². The van der Waals surface area contributed by atoms with E-state index in [0.717, 1.165) is 5.56 Å². The van der Waals surface area contributed by atoms with Gasteiger partial charge < -0.3 is 42.1 Å². The Labute approximate surface area is 222 Å². The Morgan fingerprint density at radius 1 is 0.615 bits per heavy atom. The average molecular weight is 553 g/mol. The Bertz CT molecular complexity index is 1050. The molecule has 0 saturated carbocycles. The zero-order chi connectivity index (χ0) is 29.5. The molecule has 0 saturated heterocycles. The largest absolute Gasteiger partial charge is 0.481 e. The lowest BCUT2D eigenvalue weighted by atomic mass is 10.0. The molecule has 1 aromatic carbocycles. The van der Waals surface area contributed by atoms with Crippen molar-refractivity contribution < 1.29 is 54.0 Å². The Morgan fingerprint density at radius 3 is 1.41 bits per heavy atom. The molecular formula is C24H32N4O11. The number of rotatable bonds is 18. The number of aliphatic carboxylic acids is 4. The summed E-state index contributed by atoms with van der Waals surface area (Å²) in [5.41, 5.74) is 6.66. The van der Waals surface area contributed by atoms with Crippen molar-refractivity contribution in [2.24, 2.45) is 5.73 Å². The van der Waals surface area contributed by atoms with Crippen molar-refractivity contribution in [2.75, 3.05) is 0 Å². The summed E-state index contributed by atoms with van der Waals surface area (Å²) in [5.74, 6) is -8.38. The van der Waals surface area contributed by atoms with E-state index in [-0.39, 0.29) is 6.42 Å². The molecule has 15 heteroatoms. The van der Waals surface area contributed by atoms with Crippen molar-refractivity contribution in [2.45, 2.75) is 69.1 Å². The van der Waals surface area contributed by atoms with Crippen molar-refractivity contribution in [1.82, 2.24) is 16.0 Å². The highest BCUT2D eigenvalue weighted by Crippen LogP contribution is 2.07. The fourth-order valence-electron chi connectivity index (χ4n) is 3.38.